The van der Waals surface area contributed by atoms with Crippen molar-refractivity contribution >= 4 is 28.4 Å². The first kappa shape index (κ1) is 21.8. The Labute approximate surface area is 182 Å². The molecule has 0 saturated heterocycles. The molecule has 0 aliphatic heterocycles. The molecule has 156 valence electrons. The second-order valence-corrected chi connectivity index (χ2v) is 6.96. The lowest BCUT2D eigenvalue weighted by atomic mass is 10.1. The highest BCUT2D eigenvalue weighted by molar-refractivity contribution is 5.58. The van der Waals surface area contributed by atoms with E-state index in [4.69, 9.17) is 5.26 Å². The molecule has 1 unspecified atom stereocenters. The van der Waals surface area contributed by atoms with Gasteiger partial charge in [0.05, 0.1) is 35.2 Å². The van der Waals surface area contributed by atoms with Gasteiger partial charge in [-0.15, -0.1) is 0 Å². The van der Waals surface area contributed by atoms with E-state index < -0.39 is 6.23 Å². The summed E-state index contributed by atoms with van der Waals surface area (Å²) in [7, 11) is 0. The number of hydrogen-bond acceptors (Lipinski definition) is 7. The zero-order chi connectivity index (χ0) is 22.1. The van der Waals surface area contributed by atoms with Gasteiger partial charge in [-0.3, -0.25) is 0 Å². The van der Waals surface area contributed by atoms with E-state index in [1.54, 1.807) is 11.8 Å². The van der Waals surface area contributed by atoms with Gasteiger partial charge in [-0.1, -0.05) is 18.2 Å². The van der Waals surface area contributed by atoms with Crippen molar-refractivity contribution in [3.05, 3.63) is 78.4 Å². The van der Waals surface area contributed by atoms with Gasteiger partial charge in [-0.25, -0.2) is 0 Å². The van der Waals surface area contributed by atoms with Gasteiger partial charge >= 0.3 is 0 Å². The Morgan fingerprint density at radius 3 is 2.00 bits per heavy atom. The number of aryl methyl sites for hydroxylation is 1. The molecule has 0 fully saturated rings. The fourth-order valence-corrected chi connectivity index (χ4v) is 2.94. The summed E-state index contributed by atoms with van der Waals surface area (Å²) in [5.74, 6) is 0. The molecule has 3 rings (SSSR count). The lowest BCUT2D eigenvalue weighted by Crippen LogP contribution is -2.33. The molecule has 0 aromatic heterocycles. The van der Waals surface area contributed by atoms with Crippen molar-refractivity contribution in [2.45, 2.75) is 26.5 Å². The Kier molecular flexibility index (Phi) is 7.57. The number of rotatable bonds is 8. The zero-order valence-electron chi connectivity index (χ0n) is 17.6. The molecule has 0 aliphatic carbocycles. The van der Waals surface area contributed by atoms with Crippen molar-refractivity contribution < 1.29 is 5.11 Å². The zero-order valence-corrected chi connectivity index (χ0v) is 17.6. The van der Waals surface area contributed by atoms with Crippen LogP contribution < -0.4 is 4.90 Å². The van der Waals surface area contributed by atoms with Crippen molar-refractivity contribution in [3.8, 4) is 6.07 Å². The van der Waals surface area contributed by atoms with Gasteiger partial charge in [0.1, 0.15) is 6.23 Å². The maximum atomic E-state index is 9.99. The number of anilines is 1. The van der Waals surface area contributed by atoms with E-state index in [1.807, 2.05) is 79.7 Å². The van der Waals surface area contributed by atoms with E-state index in [0.717, 1.165) is 28.3 Å². The van der Waals surface area contributed by atoms with E-state index in [-0.39, 0.29) is 0 Å². The minimum atomic E-state index is -0.683. The quantitative estimate of drug-likeness (QED) is 0.322. The van der Waals surface area contributed by atoms with Crippen molar-refractivity contribution in [2.24, 2.45) is 20.5 Å². The SMILES string of the molecule is Cc1cc(N(CCC#N)C(C)O)ccc1N=Nc1ccc(N=Nc2ccccc2)cc1. The van der Waals surface area contributed by atoms with Crippen LogP contribution in [0.1, 0.15) is 18.9 Å². The fourth-order valence-electron chi connectivity index (χ4n) is 2.94. The Bertz CT molecular complexity index is 1090. The molecule has 0 heterocycles. The van der Waals surface area contributed by atoms with Crippen LogP contribution in [0.5, 0.6) is 0 Å². The van der Waals surface area contributed by atoms with Crippen LogP contribution in [0.25, 0.3) is 0 Å². The minimum absolute atomic E-state index is 0.340. The van der Waals surface area contributed by atoms with E-state index in [0.29, 0.717) is 18.7 Å². The number of azo groups is 2. The highest BCUT2D eigenvalue weighted by atomic mass is 16.3. The smallest absolute Gasteiger partial charge is 0.124 e. The van der Waals surface area contributed by atoms with Crippen LogP contribution in [0.3, 0.4) is 0 Å². The van der Waals surface area contributed by atoms with Crippen LogP contribution in [-0.2, 0) is 0 Å². The second-order valence-electron chi connectivity index (χ2n) is 6.96. The molecule has 0 bridgehead atoms. The summed E-state index contributed by atoms with van der Waals surface area (Å²) in [5.41, 5.74) is 4.75. The van der Waals surface area contributed by atoms with Crippen molar-refractivity contribution in [2.75, 3.05) is 11.4 Å². The average molecular weight is 412 g/mol. The summed E-state index contributed by atoms with van der Waals surface area (Å²) in [5, 5.41) is 35.9. The molecular weight excluding hydrogens is 388 g/mol. The highest BCUT2D eigenvalue weighted by Crippen LogP contribution is 2.28. The number of nitriles is 1. The number of hydrogen-bond donors (Lipinski definition) is 1. The third-order valence-corrected chi connectivity index (χ3v) is 4.59. The first-order valence-electron chi connectivity index (χ1n) is 9.98. The van der Waals surface area contributed by atoms with Crippen LogP contribution in [0, 0.1) is 18.3 Å². The van der Waals surface area contributed by atoms with Crippen LogP contribution >= 0.6 is 0 Å². The molecule has 31 heavy (non-hydrogen) atoms. The van der Waals surface area contributed by atoms with Gasteiger partial charge in [0.15, 0.2) is 0 Å². The topological polar surface area (TPSA) is 96.7 Å². The lowest BCUT2D eigenvalue weighted by Gasteiger charge is -2.27. The van der Waals surface area contributed by atoms with Crippen LogP contribution in [0.15, 0.2) is 93.3 Å². The van der Waals surface area contributed by atoms with Gasteiger partial charge < -0.3 is 10.0 Å². The maximum absolute atomic E-state index is 9.99. The third-order valence-electron chi connectivity index (χ3n) is 4.59. The summed E-state index contributed by atoms with van der Waals surface area (Å²) >= 11 is 0. The molecule has 0 spiro atoms. The Morgan fingerprint density at radius 2 is 1.45 bits per heavy atom. The normalized spacial score (nSPS) is 12.2. The molecule has 1 N–H and O–H groups in total. The first-order valence-corrected chi connectivity index (χ1v) is 9.98. The Balaban J connectivity index is 1.68. The minimum Gasteiger partial charge on any atom is -0.374 e. The summed E-state index contributed by atoms with van der Waals surface area (Å²) in [6, 6.07) is 24.7. The first-order chi connectivity index (χ1) is 15.1. The monoisotopic (exact) mass is 412 g/mol. The molecule has 1 atom stereocenters. The summed E-state index contributed by atoms with van der Waals surface area (Å²) in [4.78, 5) is 1.78. The van der Waals surface area contributed by atoms with E-state index in [1.165, 1.54) is 0 Å². The van der Waals surface area contributed by atoms with Crippen molar-refractivity contribution in [1.29, 1.82) is 5.26 Å². The standard InChI is InChI=1S/C24H24N6O/c1-18-17-23(30(19(2)31)16-6-15-25)13-14-24(18)29-28-22-11-9-21(10-12-22)27-26-20-7-4-3-5-8-20/h3-5,7-14,17,19,31H,6,16H2,1-2H3. The van der Waals surface area contributed by atoms with Crippen LogP contribution in [0.4, 0.5) is 28.4 Å². The molecule has 3 aromatic carbocycles. The third kappa shape index (κ3) is 6.29. The van der Waals surface area contributed by atoms with Crippen LogP contribution in [0.2, 0.25) is 0 Å². The average Bonchev–Trinajstić information content (AvgIpc) is 2.78. The molecule has 0 aliphatic rings. The molecule has 3 aromatic rings. The number of benzene rings is 3. The van der Waals surface area contributed by atoms with Gasteiger partial charge in [0.2, 0.25) is 0 Å². The van der Waals surface area contributed by atoms with E-state index in [9.17, 15) is 5.11 Å². The summed E-state index contributed by atoms with van der Waals surface area (Å²) in [6.07, 6.45) is -0.343. The fraction of sp³-hybridized carbons (Fsp3) is 0.208. The Morgan fingerprint density at radius 1 is 0.871 bits per heavy atom. The molecular formula is C24H24N6O. The highest BCUT2D eigenvalue weighted by Gasteiger charge is 2.12. The summed E-state index contributed by atoms with van der Waals surface area (Å²) < 4.78 is 0. The van der Waals surface area contributed by atoms with Crippen molar-refractivity contribution in [3.63, 3.8) is 0 Å². The number of aliphatic hydroxyl groups is 1. The number of aliphatic hydroxyl groups excluding tert-OH is 1. The van der Waals surface area contributed by atoms with Gasteiger partial charge in [0, 0.05) is 12.2 Å². The van der Waals surface area contributed by atoms with E-state index >= 15 is 0 Å². The Hall–Kier alpha value is -3.89. The summed E-state index contributed by atoms with van der Waals surface area (Å²) in [6.45, 7) is 4.08. The van der Waals surface area contributed by atoms with Gasteiger partial charge in [-0.05, 0) is 74.0 Å². The maximum Gasteiger partial charge on any atom is 0.124 e. The lowest BCUT2D eigenvalue weighted by molar-refractivity contribution is 0.189. The van der Waals surface area contributed by atoms with Gasteiger partial charge in [0.25, 0.3) is 0 Å². The molecule has 0 amide bonds. The predicted octanol–water partition coefficient (Wildman–Crippen LogP) is 6.88. The number of nitrogens with zero attached hydrogens (tertiary/aromatic N) is 6. The molecule has 0 radical (unpaired) electrons. The van der Waals surface area contributed by atoms with Crippen molar-refractivity contribution in [1.82, 2.24) is 0 Å². The van der Waals surface area contributed by atoms with Crippen LogP contribution in [-0.4, -0.2) is 17.9 Å². The largest absolute Gasteiger partial charge is 0.374 e. The van der Waals surface area contributed by atoms with Gasteiger partial charge in [-0.2, -0.15) is 25.7 Å². The van der Waals surface area contributed by atoms with E-state index in [2.05, 4.69) is 26.5 Å². The predicted molar refractivity (Wildman–Crippen MR) is 122 cm³/mol. The molecule has 7 heteroatoms. The molecule has 7 nitrogen and oxygen atoms in total. The second kappa shape index (κ2) is 10.8. The molecule has 0 saturated carbocycles.